The number of aromatic nitrogens is 2. The van der Waals surface area contributed by atoms with Gasteiger partial charge in [0.05, 0.1) is 24.3 Å². The van der Waals surface area contributed by atoms with Crippen molar-refractivity contribution >= 4 is 11.8 Å². The van der Waals surface area contributed by atoms with E-state index in [-0.39, 0.29) is 17.2 Å². The number of likely N-dealkylation sites (tertiary alicyclic amines) is 2. The van der Waals surface area contributed by atoms with Gasteiger partial charge in [0, 0.05) is 64.3 Å². The molecular formula is C23H35N5O3. The quantitative estimate of drug-likeness (QED) is 0.730. The molecule has 170 valence electrons. The third-order valence-electron chi connectivity index (χ3n) is 7.82. The largest absolute Gasteiger partial charge is 0.379 e. The number of rotatable bonds is 6. The fourth-order valence-corrected chi connectivity index (χ4v) is 5.80. The van der Waals surface area contributed by atoms with Gasteiger partial charge < -0.3 is 14.5 Å². The van der Waals surface area contributed by atoms with Gasteiger partial charge in [-0.2, -0.15) is 5.10 Å². The van der Waals surface area contributed by atoms with E-state index in [4.69, 9.17) is 4.74 Å². The van der Waals surface area contributed by atoms with E-state index < -0.39 is 0 Å². The van der Waals surface area contributed by atoms with E-state index in [1.54, 1.807) is 0 Å². The minimum atomic E-state index is -0.341. The van der Waals surface area contributed by atoms with E-state index in [1.165, 1.54) is 24.1 Å². The van der Waals surface area contributed by atoms with Gasteiger partial charge in [0.1, 0.15) is 0 Å². The molecule has 1 aliphatic carbocycles. The van der Waals surface area contributed by atoms with Crippen LogP contribution < -0.4 is 0 Å². The summed E-state index contributed by atoms with van der Waals surface area (Å²) in [4.78, 5) is 32.5. The van der Waals surface area contributed by atoms with Crippen LogP contribution in [0.4, 0.5) is 0 Å². The molecule has 1 aromatic rings. The second kappa shape index (κ2) is 8.90. The fraction of sp³-hybridized carbons (Fsp3) is 0.783. The van der Waals surface area contributed by atoms with Gasteiger partial charge in [0.2, 0.25) is 11.8 Å². The van der Waals surface area contributed by atoms with Crippen LogP contribution in [0.2, 0.25) is 0 Å². The molecule has 3 aliphatic heterocycles. The first-order valence-electron chi connectivity index (χ1n) is 12.1. The zero-order valence-electron chi connectivity index (χ0n) is 18.5. The molecule has 8 heteroatoms. The minimum absolute atomic E-state index is 0.170. The van der Waals surface area contributed by atoms with Crippen LogP contribution in [-0.2, 0) is 33.6 Å². The van der Waals surface area contributed by atoms with Crippen LogP contribution in [0.1, 0.15) is 49.1 Å². The Morgan fingerprint density at radius 3 is 2.74 bits per heavy atom. The predicted octanol–water partition coefficient (Wildman–Crippen LogP) is 1.00. The number of nitrogens with zero attached hydrogens (tertiary/aromatic N) is 4. The third kappa shape index (κ3) is 4.24. The SMILES string of the molecule is O=C(CCc1n[nH]c2c1CCCC2)N1CCC2(CCN(CCN3CCOCC3)C2=O)C1. The van der Waals surface area contributed by atoms with Gasteiger partial charge in [-0.15, -0.1) is 0 Å². The molecule has 1 aromatic heterocycles. The number of morpholine rings is 1. The molecule has 2 amide bonds. The highest BCUT2D eigenvalue weighted by Crippen LogP contribution is 2.40. The van der Waals surface area contributed by atoms with Crippen LogP contribution in [0.25, 0.3) is 0 Å². The lowest BCUT2D eigenvalue weighted by molar-refractivity contribution is -0.136. The molecule has 0 aromatic carbocycles. The van der Waals surface area contributed by atoms with Crippen LogP contribution >= 0.6 is 0 Å². The first-order chi connectivity index (χ1) is 15.1. The molecular weight excluding hydrogens is 394 g/mol. The van der Waals surface area contributed by atoms with Crippen molar-refractivity contribution in [1.29, 1.82) is 0 Å². The highest BCUT2D eigenvalue weighted by atomic mass is 16.5. The smallest absolute Gasteiger partial charge is 0.230 e. The maximum atomic E-state index is 13.2. The topological polar surface area (TPSA) is 81.8 Å². The number of carbonyl (C=O) groups excluding carboxylic acids is 2. The summed E-state index contributed by atoms with van der Waals surface area (Å²) in [5, 5.41) is 7.65. The number of amides is 2. The Hall–Kier alpha value is -1.93. The van der Waals surface area contributed by atoms with E-state index in [2.05, 4.69) is 15.1 Å². The van der Waals surface area contributed by atoms with Gasteiger partial charge in [0.15, 0.2) is 0 Å². The summed E-state index contributed by atoms with van der Waals surface area (Å²) < 4.78 is 5.41. The normalized spacial score (nSPS) is 26.8. The maximum absolute atomic E-state index is 13.2. The lowest BCUT2D eigenvalue weighted by Gasteiger charge is -2.29. The Morgan fingerprint density at radius 1 is 1.06 bits per heavy atom. The maximum Gasteiger partial charge on any atom is 0.230 e. The van der Waals surface area contributed by atoms with Crippen LogP contribution in [0, 0.1) is 5.41 Å². The summed E-state index contributed by atoms with van der Waals surface area (Å²) in [5.74, 6) is 0.432. The number of ether oxygens (including phenoxy) is 1. The summed E-state index contributed by atoms with van der Waals surface area (Å²) >= 11 is 0. The first kappa shape index (κ1) is 20.9. The number of nitrogens with one attached hydrogen (secondary N) is 1. The van der Waals surface area contributed by atoms with E-state index in [9.17, 15) is 9.59 Å². The van der Waals surface area contributed by atoms with Crippen molar-refractivity contribution in [2.24, 2.45) is 5.41 Å². The molecule has 8 nitrogen and oxygen atoms in total. The van der Waals surface area contributed by atoms with Gasteiger partial charge >= 0.3 is 0 Å². The van der Waals surface area contributed by atoms with Gasteiger partial charge in [-0.05, 0) is 44.1 Å². The average Bonchev–Trinajstić information content (AvgIpc) is 3.51. The highest BCUT2D eigenvalue weighted by molar-refractivity contribution is 5.87. The Morgan fingerprint density at radius 2 is 1.87 bits per heavy atom. The number of carbonyl (C=O) groups is 2. The van der Waals surface area contributed by atoms with E-state index in [1.807, 2.05) is 9.80 Å². The Labute approximate surface area is 184 Å². The number of hydrogen-bond donors (Lipinski definition) is 1. The Kier molecular flexibility index (Phi) is 6.01. The van der Waals surface area contributed by atoms with E-state index in [0.29, 0.717) is 25.9 Å². The Balaban J connectivity index is 1.12. The third-order valence-corrected chi connectivity index (χ3v) is 7.82. The summed E-state index contributed by atoms with van der Waals surface area (Å²) in [6.07, 6.45) is 7.48. The highest BCUT2D eigenvalue weighted by Gasteiger charge is 2.51. The lowest BCUT2D eigenvalue weighted by Crippen LogP contribution is -2.43. The molecule has 1 atom stereocenters. The van der Waals surface area contributed by atoms with Crippen molar-refractivity contribution in [3.63, 3.8) is 0 Å². The van der Waals surface area contributed by atoms with Crippen LogP contribution in [-0.4, -0.2) is 95.7 Å². The second-order valence-corrected chi connectivity index (χ2v) is 9.68. The van der Waals surface area contributed by atoms with Gasteiger partial charge in [0.25, 0.3) is 0 Å². The van der Waals surface area contributed by atoms with Crippen molar-refractivity contribution in [3.8, 4) is 0 Å². The van der Waals surface area contributed by atoms with E-state index >= 15 is 0 Å². The van der Waals surface area contributed by atoms with Gasteiger partial charge in [-0.1, -0.05) is 0 Å². The number of hydrogen-bond acceptors (Lipinski definition) is 5. The summed E-state index contributed by atoms with van der Waals surface area (Å²) in [5.41, 5.74) is 3.34. The molecule has 3 saturated heterocycles. The zero-order chi connectivity index (χ0) is 21.3. The molecule has 3 fully saturated rings. The average molecular weight is 430 g/mol. The molecule has 0 bridgehead atoms. The van der Waals surface area contributed by atoms with Crippen molar-refractivity contribution in [3.05, 3.63) is 17.0 Å². The molecule has 0 radical (unpaired) electrons. The zero-order valence-corrected chi connectivity index (χ0v) is 18.5. The molecule has 0 saturated carbocycles. The minimum Gasteiger partial charge on any atom is -0.379 e. The molecule has 1 N–H and O–H groups in total. The van der Waals surface area contributed by atoms with E-state index in [0.717, 1.165) is 77.3 Å². The number of fused-ring (bicyclic) bond motifs is 1. The van der Waals surface area contributed by atoms with Crippen molar-refractivity contribution in [2.45, 2.75) is 51.4 Å². The molecule has 1 unspecified atom stereocenters. The van der Waals surface area contributed by atoms with Crippen LogP contribution in [0.3, 0.4) is 0 Å². The second-order valence-electron chi connectivity index (χ2n) is 9.68. The molecule has 31 heavy (non-hydrogen) atoms. The summed E-state index contributed by atoms with van der Waals surface area (Å²) in [6, 6.07) is 0. The van der Waals surface area contributed by atoms with Gasteiger partial charge in [-0.25, -0.2) is 0 Å². The first-order valence-corrected chi connectivity index (χ1v) is 12.1. The summed E-state index contributed by atoms with van der Waals surface area (Å²) in [7, 11) is 0. The predicted molar refractivity (Wildman–Crippen MR) is 116 cm³/mol. The monoisotopic (exact) mass is 429 g/mol. The number of aryl methyl sites for hydroxylation is 2. The van der Waals surface area contributed by atoms with Crippen molar-refractivity contribution in [2.75, 3.05) is 59.0 Å². The Bertz CT molecular complexity index is 818. The molecule has 5 rings (SSSR count). The fourth-order valence-electron chi connectivity index (χ4n) is 5.80. The summed E-state index contributed by atoms with van der Waals surface area (Å²) in [6.45, 7) is 7.32. The number of H-pyrrole nitrogens is 1. The van der Waals surface area contributed by atoms with Crippen molar-refractivity contribution in [1.82, 2.24) is 24.9 Å². The van der Waals surface area contributed by atoms with Crippen LogP contribution in [0.15, 0.2) is 0 Å². The molecule has 4 heterocycles. The molecule has 4 aliphatic rings. The van der Waals surface area contributed by atoms with Gasteiger partial charge in [-0.3, -0.25) is 19.6 Å². The molecule has 1 spiro atoms. The van der Waals surface area contributed by atoms with Crippen LogP contribution in [0.5, 0.6) is 0 Å². The number of aromatic amines is 1. The van der Waals surface area contributed by atoms with Crippen molar-refractivity contribution < 1.29 is 14.3 Å². The lowest BCUT2D eigenvalue weighted by atomic mass is 9.85. The standard InChI is InChI=1S/C23H35N5O3/c29-21(6-5-20-18-3-1-2-4-19(18)24-25-20)28-10-8-23(17-28)7-9-27(22(23)30)12-11-26-13-15-31-16-14-26/h1-17H2,(H,24,25).